The molecule has 0 spiro atoms. The van der Waals surface area contributed by atoms with Crippen molar-refractivity contribution in [1.29, 1.82) is 0 Å². The lowest BCUT2D eigenvalue weighted by molar-refractivity contribution is 0.301. The molecule has 0 fully saturated rings. The molecule has 0 atom stereocenters. The minimum atomic E-state index is 0.445. The normalized spacial score (nSPS) is 10.5. The standard InChI is InChI=1S/C15H19N3O/c1-3-14-15(5-4-11(2)18-14)19-10-12-6-7-17-13(8-12)9-16/h4-8H,3,9-10,16H2,1-2H3. The first-order chi connectivity index (χ1) is 9.22. The molecule has 0 aliphatic heterocycles. The molecule has 19 heavy (non-hydrogen) atoms. The van der Waals surface area contributed by atoms with Crippen LogP contribution in [-0.2, 0) is 19.6 Å². The number of pyridine rings is 2. The fourth-order valence-corrected chi connectivity index (χ4v) is 1.87. The smallest absolute Gasteiger partial charge is 0.141 e. The highest BCUT2D eigenvalue weighted by Crippen LogP contribution is 2.19. The third-order valence-corrected chi connectivity index (χ3v) is 2.89. The summed E-state index contributed by atoms with van der Waals surface area (Å²) >= 11 is 0. The molecule has 0 aliphatic rings. The van der Waals surface area contributed by atoms with Gasteiger partial charge in [-0.2, -0.15) is 0 Å². The van der Waals surface area contributed by atoms with Crippen LogP contribution in [0, 0.1) is 6.92 Å². The van der Waals surface area contributed by atoms with Gasteiger partial charge in [0.2, 0.25) is 0 Å². The van der Waals surface area contributed by atoms with Gasteiger partial charge in [0, 0.05) is 18.4 Å². The van der Waals surface area contributed by atoms with Crippen LogP contribution in [0.15, 0.2) is 30.5 Å². The van der Waals surface area contributed by atoms with Gasteiger partial charge in [-0.15, -0.1) is 0 Å². The second kappa shape index (κ2) is 6.29. The molecular formula is C15H19N3O. The summed E-state index contributed by atoms with van der Waals surface area (Å²) in [6.45, 7) is 5.01. The first-order valence-electron chi connectivity index (χ1n) is 6.46. The summed E-state index contributed by atoms with van der Waals surface area (Å²) < 4.78 is 5.84. The first-order valence-corrected chi connectivity index (χ1v) is 6.46. The highest BCUT2D eigenvalue weighted by Gasteiger charge is 2.04. The number of nitrogens with zero attached hydrogens (tertiary/aromatic N) is 2. The van der Waals surface area contributed by atoms with E-state index in [9.17, 15) is 0 Å². The second-order valence-electron chi connectivity index (χ2n) is 4.40. The Morgan fingerprint density at radius 1 is 1.26 bits per heavy atom. The predicted octanol–water partition coefficient (Wildman–Crippen LogP) is 2.39. The van der Waals surface area contributed by atoms with Crippen LogP contribution in [0.25, 0.3) is 0 Å². The van der Waals surface area contributed by atoms with Crippen LogP contribution < -0.4 is 10.5 Å². The van der Waals surface area contributed by atoms with Crippen LogP contribution in [0.3, 0.4) is 0 Å². The van der Waals surface area contributed by atoms with Crippen LogP contribution in [0.4, 0.5) is 0 Å². The lowest BCUT2D eigenvalue weighted by Gasteiger charge is -2.10. The third kappa shape index (κ3) is 3.51. The van der Waals surface area contributed by atoms with Crippen molar-refractivity contribution < 1.29 is 4.74 Å². The number of hydrogen-bond acceptors (Lipinski definition) is 4. The predicted molar refractivity (Wildman–Crippen MR) is 74.8 cm³/mol. The van der Waals surface area contributed by atoms with Gasteiger partial charge < -0.3 is 10.5 Å². The SMILES string of the molecule is CCc1nc(C)ccc1OCc1ccnc(CN)c1. The monoisotopic (exact) mass is 257 g/mol. The molecule has 2 rings (SSSR count). The van der Waals surface area contributed by atoms with Gasteiger partial charge in [-0.3, -0.25) is 9.97 Å². The van der Waals surface area contributed by atoms with Crippen molar-refractivity contribution in [3.63, 3.8) is 0 Å². The van der Waals surface area contributed by atoms with E-state index in [2.05, 4.69) is 16.9 Å². The summed E-state index contributed by atoms with van der Waals surface area (Å²) in [5.41, 5.74) is 9.52. The van der Waals surface area contributed by atoms with Gasteiger partial charge >= 0.3 is 0 Å². The van der Waals surface area contributed by atoms with Crippen LogP contribution in [0.2, 0.25) is 0 Å². The number of rotatable bonds is 5. The Balaban J connectivity index is 2.09. The fraction of sp³-hybridized carbons (Fsp3) is 0.333. The number of aryl methyl sites for hydroxylation is 2. The molecule has 0 aliphatic carbocycles. The lowest BCUT2D eigenvalue weighted by atomic mass is 10.2. The lowest BCUT2D eigenvalue weighted by Crippen LogP contribution is -2.04. The average molecular weight is 257 g/mol. The molecule has 0 unspecified atom stereocenters. The topological polar surface area (TPSA) is 61.0 Å². The van der Waals surface area contributed by atoms with Gasteiger partial charge in [-0.25, -0.2) is 0 Å². The maximum atomic E-state index is 5.84. The van der Waals surface area contributed by atoms with Gasteiger partial charge in [0.25, 0.3) is 0 Å². The van der Waals surface area contributed by atoms with Crippen molar-refractivity contribution in [3.05, 3.63) is 53.1 Å². The summed E-state index contributed by atoms with van der Waals surface area (Å²) in [6, 6.07) is 7.85. The van der Waals surface area contributed by atoms with Crippen LogP contribution in [-0.4, -0.2) is 9.97 Å². The Kier molecular flexibility index (Phi) is 4.47. The fourth-order valence-electron chi connectivity index (χ4n) is 1.87. The molecular weight excluding hydrogens is 238 g/mol. The van der Waals surface area contributed by atoms with Crippen molar-refractivity contribution >= 4 is 0 Å². The van der Waals surface area contributed by atoms with Crippen molar-refractivity contribution in [2.45, 2.75) is 33.4 Å². The number of ether oxygens (including phenoxy) is 1. The van der Waals surface area contributed by atoms with Crippen LogP contribution in [0.5, 0.6) is 5.75 Å². The molecule has 0 saturated heterocycles. The summed E-state index contributed by atoms with van der Waals surface area (Å²) in [5.74, 6) is 0.846. The molecule has 2 aromatic heterocycles. The van der Waals surface area contributed by atoms with E-state index in [-0.39, 0.29) is 0 Å². The number of aromatic nitrogens is 2. The Labute approximate surface area is 113 Å². The summed E-state index contributed by atoms with van der Waals surface area (Å²) in [5, 5.41) is 0. The van der Waals surface area contributed by atoms with E-state index in [0.29, 0.717) is 13.2 Å². The van der Waals surface area contributed by atoms with E-state index in [0.717, 1.165) is 34.8 Å². The Hall–Kier alpha value is -1.94. The van der Waals surface area contributed by atoms with Crippen molar-refractivity contribution in [1.82, 2.24) is 9.97 Å². The Morgan fingerprint density at radius 3 is 2.84 bits per heavy atom. The zero-order chi connectivity index (χ0) is 13.7. The quantitative estimate of drug-likeness (QED) is 0.893. The van der Waals surface area contributed by atoms with E-state index in [1.807, 2.05) is 31.2 Å². The van der Waals surface area contributed by atoms with Crippen molar-refractivity contribution in [2.75, 3.05) is 0 Å². The van der Waals surface area contributed by atoms with Crippen molar-refractivity contribution in [3.8, 4) is 5.75 Å². The molecule has 0 amide bonds. The molecule has 2 aromatic rings. The molecule has 2 N–H and O–H groups in total. The summed E-state index contributed by atoms with van der Waals surface area (Å²) in [4.78, 5) is 8.65. The Bertz CT molecular complexity index is 555. The third-order valence-electron chi connectivity index (χ3n) is 2.89. The molecule has 0 bridgehead atoms. The zero-order valence-electron chi connectivity index (χ0n) is 11.4. The summed E-state index contributed by atoms with van der Waals surface area (Å²) in [7, 11) is 0. The van der Waals surface area contributed by atoms with Gasteiger partial charge in [0.05, 0.1) is 11.4 Å². The van der Waals surface area contributed by atoms with E-state index in [1.165, 1.54) is 0 Å². The number of hydrogen-bond donors (Lipinski definition) is 1. The largest absolute Gasteiger partial charge is 0.487 e. The molecule has 4 heteroatoms. The van der Waals surface area contributed by atoms with E-state index >= 15 is 0 Å². The zero-order valence-corrected chi connectivity index (χ0v) is 11.4. The molecule has 2 heterocycles. The van der Waals surface area contributed by atoms with Crippen LogP contribution in [0.1, 0.15) is 29.6 Å². The van der Waals surface area contributed by atoms with Crippen LogP contribution >= 0.6 is 0 Å². The molecule has 4 nitrogen and oxygen atoms in total. The minimum Gasteiger partial charge on any atom is -0.487 e. The van der Waals surface area contributed by atoms with E-state index in [1.54, 1.807) is 6.20 Å². The second-order valence-corrected chi connectivity index (χ2v) is 4.40. The molecule has 0 radical (unpaired) electrons. The Morgan fingerprint density at radius 2 is 2.11 bits per heavy atom. The highest BCUT2D eigenvalue weighted by atomic mass is 16.5. The van der Waals surface area contributed by atoms with Gasteiger partial charge in [0.15, 0.2) is 0 Å². The number of nitrogens with two attached hydrogens (primary N) is 1. The van der Waals surface area contributed by atoms with Crippen molar-refractivity contribution in [2.24, 2.45) is 5.73 Å². The first kappa shape index (κ1) is 13.5. The van der Waals surface area contributed by atoms with Gasteiger partial charge in [-0.1, -0.05) is 6.92 Å². The summed E-state index contributed by atoms with van der Waals surface area (Å²) in [6.07, 6.45) is 2.62. The highest BCUT2D eigenvalue weighted by molar-refractivity contribution is 5.29. The van der Waals surface area contributed by atoms with Gasteiger partial charge in [0.1, 0.15) is 12.4 Å². The van der Waals surface area contributed by atoms with Gasteiger partial charge in [-0.05, 0) is 43.2 Å². The minimum absolute atomic E-state index is 0.445. The van der Waals surface area contributed by atoms with E-state index in [4.69, 9.17) is 10.5 Å². The molecule has 0 aromatic carbocycles. The average Bonchev–Trinajstić information content (AvgIpc) is 2.46. The maximum Gasteiger partial charge on any atom is 0.141 e. The van der Waals surface area contributed by atoms with E-state index < -0.39 is 0 Å². The molecule has 100 valence electrons. The molecule has 0 saturated carbocycles. The maximum absolute atomic E-state index is 5.84.